The number of nitrogens with zero attached hydrogens (tertiary/aromatic N) is 4. The monoisotopic (exact) mass is 364 g/mol. The number of amides is 1. The summed E-state index contributed by atoms with van der Waals surface area (Å²) in [6, 6.07) is 12.0. The maximum Gasteiger partial charge on any atom is 0.274 e. The van der Waals surface area contributed by atoms with E-state index in [0.29, 0.717) is 25.2 Å². The lowest BCUT2D eigenvalue weighted by Gasteiger charge is -2.16. The van der Waals surface area contributed by atoms with Crippen LogP contribution in [0.4, 0.5) is 0 Å². The minimum Gasteiger partial charge on any atom is -0.391 e. The molecule has 0 bridgehead atoms. The second kappa shape index (κ2) is 7.12. The Morgan fingerprint density at radius 2 is 2.04 bits per heavy atom. The number of hydrogen-bond acceptors (Lipinski definition) is 4. The number of β-amino-alcohol motifs (C(OH)–C–C–N with tert-alkyl or cyclic N) is 1. The lowest BCUT2D eigenvalue weighted by molar-refractivity contribution is 0.0758. The molecule has 0 spiro atoms. The Labute approximate surface area is 158 Å². The van der Waals surface area contributed by atoms with Crippen molar-refractivity contribution in [1.82, 2.24) is 19.7 Å². The van der Waals surface area contributed by atoms with Crippen LogP contribution in [0.1, 0.15) is 35.9 Å². The predicted molar refractivity (Wildman–Crippen MR) is 103 cm³/mol. The SMILES string of the molecule is CC(C)n1ccc(C(=O)N2C[C@@H](Cc3ccnc4ccccc34)[C@@H](O)C2)n1. The molecule has 3 heterocycles. The van der Waals surface area contributed by atoms with Gasteiger partial charge in [0, 0.05) is 42.8 Å². The van der Waals surface area contributed by atoms with Gasteiger partial charge in [0.1, 0.15) is 5.69 Å². The van der Waals surface area contributed by atoms with Crippen molar-refractivity contribution in [2.45, 2.75) is 32.4 Å². The minimum atomic E-state index is -0.534. The third-order valence-corrected chi connectivity index (χ3v) is 5.27. The summed E-state index contributed by atoms with van der Waals surface area (Å²) < 4.78 is 1.78. The molecule has 2 aromatic heterocycles. The maximum atomic E-state index is 12.8. The molecule has 1 amide bonds. The number of carbonyl (C=O) groups excluding carboxylic acids is 1. The molecule has 0 saturated carbocycles. The third kappa shape index (κ3) is 3.45. The van der Waals surface area contributed by atoms with E-state index in [2.05, 4.69) is 16.1 Å². The van der Waals surface area contributed by atoms with Crippen LogP contribution in [0, 0.1) is 5.92 Å². The summed E-state index contributed by atoms with van der Waals surface area (Å²) in [5, 5.41) is 16.0. The number of rotatable bonds is 4. The van der Waals surface area contributed by atoms with Crippen molar-refractivity contribution in [2.75, 3.05) is 13.1 Å². The number of aliphatic hydroxyl groups excluding tert-OH is 1. The van der Waals surface area contributed by atoms with Crippen molar-refractivity contribution < 1.29 is 9.90 Å². The molecule has 0 aliphatic carbocycles. The van der Waals surface area contributed by atoms with E-state index in [-0.39, 0.29) is 17.9 Å². The van der Waals surface area contributed by atoms with E-state index in [1.807, 2.05) is 44.3 Å². The van der Waals surface area contributed by atoms with Crippen molar-refractivity contribution in [3.05, 3.63) is 60.0 Å². The summed E-state index contributed by atoms with van der Waals surface area (Å²) in [5.74, 6) is -0.109. The Morgan fingerprint density at radius 3 is 2.81 bits per heavy atom. The summed E-state index contributed by atoms with van der Waals surface area (Å²) in [7, 11) is 0. The molecule has 1 fully saturated rings. The number of carbonyl (C=O) groups is 1. The number of pyridine rings is 1. The van der Waals surface area contributed by atoms with E-state index in [4.69, 9.17) is 0 Å². The van der Waals surface area contributed by atoms with Crippen LogP contribution in [0.3, 0.4) is 0 Å². The van der Waals surface area contributed by atoms with Gasteiger partial charge in [-0.25, -0.2) is 0 Å². The molecule has 1 aromatic carbocycles. The van der Waals surface area contributed by atoms with Gasteiger partial charge in [0.2, 0.25) is 0 Å². The van der Waals surface area contributed by atoms with Gasteiger partial charge in [-0.1, -0.05) is 18.2 Å². The maximum absolute atomic E-state index is 12.8. The molecular formula is C21H24N4O2. The average molecular weight is 364 g/mol. The van der Waals surface area contributed by atoms with Crippen LogP contribution >= 0.6 is 0 Å². The zero-order valence-corrected chi connectivity index (χ0v) is 15.6. The highest BCUT2D eigenvalue weighted by Crippen LogP contribution is 2.26. The largest absolute Gasteiger partial charge is 0.391 e. The molecule has 0 radical (unpaired) electrons. The van der Waals surface area contributed by atoms with Crippen molar-refractivity contribution in [3.8, 4) is 0 Å². The fourth-order valence-electron chi connectivity index (χ4n) is 3.74. The summed E-state index contributed by atoms with van der Waals surface area (Å²) in [4.78, 5) is 18.9. The summed E-state index contributed by atoms with van der Waals surface area (Å²) in [6.45, 7) is 4.93. The Morgan fingerprint density at radius 1 is 1.22 bits per heavy atom. The van der Waals surface area contributed by atoms with Gasteiger partial charge >= 0.3 is 0 Å². The summed E-state index contributed by atoms with van der Waals surface area (Å²) >= 11 is 0. The second-order valence-electron chi connectivity index (χ2n) is 7.50. The van der Waals surface area contributed by atoms with Crippen LogP contribution in [0.5, 0.6) is 0 Å². The van der Waals surface area contributed by atoms with Crippen LogP contribution in [-0.4, -0.2) is 49.9 Å². The first-order valence-electron chi connectivity index (χ1n) is 9.38. The molecule has 1 aliphatic rings. The van der Waals surface area contributed by atoms with E-state index in [1.54, 1.807) is 21.8 Å². The van der Waals surface area contributed by atoms with E-state index in [9.17, 15) is 9.90 Å². The molecule has 6 heteroatoms. The summed E-state index contributed by atoms with van der Waals surface area (Å²) in [6.07, 6.45) is 3.81. The molecule has 1 N–H and O–H groups in total. The van der Waals surface area contributed by atoms with Crippen LogP contribution in [0.2, 0.25) is 0 Å². The van der Waals surface area contributed by atoms with Crippen molar-refractivity contribution in [3.63, 3.8) is 0 Å². The molecule has 3 aromatic rings. The van der Waals surface area contributed by atoms with Crippen LogP contribution in [-0.2, 0) is 6.42 Å². The van der Waals surface area contributed by atoms with Gasteiger partial charge in [0.05, 0.1) is 11.6 Å². The van der Waals surface area contributed by atoms with Crippen molar-refractivity contribution in [1.29, 1.82) is 0 Å². The number of hydrogen-bond donors (Lipinski definition) is 1. The zero-order chi connectivity index (χ0) is 19.0. The van der Waals surface area contributed by atoms with Gasteiger partial charge in [0.25, 0.3) is 5.91 Å². The normalized spacial score (nSPS) is 19.9. The Hall–Kier alpha value is -2.73. The molecule has 2 atom stereocenters. The highest BCUT2D eigenvalue weighted by Gasteiger charge is 2.35. The second-order valence-corrected chi connectivity index (χ2v) is 7.50. The van der Waals surface area contributed by atoms with Gasteiger partial charge in [-0.05, 0) is 44.0 Å². The fraction of sp³-hybridized carbons (Fsp3) is 0.381. The van der Waals surface area contributed by atoms with Crippen molar-refractivity contribution in [2.24, 2.45) is 5.92 Å². The Balaban J connectivity index is 1.50. The van der Waals surface area contributed by atoms with E-state index in [1.165, 1.54) is 0 Å². The van der Waals surface area contributed by atoms with E-state index >= 15 is 0 Å². The van der Waals surface area contributed by atoms with Gasteiger partial charge in [-0.15, -0.1) is 0 Å². The number of para-hydroxylation sites is 1. The predicted octanol–water partition coefficient (Wildman–Crippen LogP) is 2.69. The van der Waals surface area contributed by atoms with Gasteiger partial charge in [0.15, 0.2) is 0 Å². The standard InChI is InChI=1S/C21H24N4O2/c1-14(2)25-10-8-19(23-25)21(27)24-12-16(20(26)13-24)11-15-7-9-22-18-6-4-3-5-17(15)18/h3-10,14,16,20,26H,11-13H2,1-2H3/t16-,20+/m1/s1. The van der Waals surface area contributed by atoms with Crippen molar-refractivity contribution >= 4 is 16.8 Å². The van der Waals surface area contributed by atoms with E-state index < -0.39 is 6.10 Å². The van der Waals surface area contributed by atoms with Gasteiger partial charge in [-0.3, -0.25) is 14.5 Å². The van der Waals surface area contributed by atoms with E-state index in [0.717, 1.165) is 16.5 Å². The lowest BCUT2D eigenvalue weighted by Crippen LogP contribution is -2.30. The molecule has 27 heavy (non-hydrogen) atoms. The molecule has 140 valence electrons. The summed E-state index contributed by atoms with van der Waals surface area (Å²) in [5.41, 5.74) is 2.54. The number of aromatic nitrogens is 3. The molecule has 6 nitrogen and oxygen atoms in total. The van der Waals surface area contributed by atoms with Crippen LogP contribution < -0.4 is 0 Å². The number of benzene rings is 1. The first-order chi connectivity index (χ1) is 13.0. The topological polar surface area (TPSA) is 71.2 Å². The molecule has 4 rings (SSSR count). The smallest absolute Gasteiger partial charge is 0.274 e. The van der Waals surface area contributed by atoms with Crippen LogP contribution in [0.15, 0.2) is 48.8 Å². The Kier molecular flexibility index (Phi) is 4.66. The molecule has 0 unspecified atom stereocenters. The molecule has 1 saturated heterocycles. The number of fused-ring (bicyclic) bond motifs is 1. The minimum absolute atomic E-state index is 0.00643. The van der Waals surface area contributed by atoms with Gasteiger partial charge < -0.3 is 10.0 Å². The Bertz CT molecular complexity index is 960. The number of aliphatic hydroxyl groups is 1. The average Bonchev–Trinajstić information content (AvgIpc) is 3.29. The fourth-order valence-corrected chi connectivity index (χ4v) is 3.74. The molecular weight excluding hydrogens is 340 g/mol. The third-order valence-electron chi connectivity index (χ3n) is 5.27. The zero-order valence-electron chi connectivity index (χ0n) is 15.6. The molecule has 1 aliphatic heterocycles. The highest BCUT2D eigenvalue weighted by molar-refractivity contribution is 5.92. The quantitative estimate of drug-likeness (QED) is 0.773. The lowest BCUT2D eigenvalue weighted by atomic mass is 9.94. The highest BCUT2D eigenvalue weighted by atomic mass is 16.3. The first-order valence-corrected chi connectivity index (χ1v) is 9.38. The van der Waals surface area contributed by atoms with Gasteiger partial charge in [-0.2, -0.15) is 5.10 Å². The number of likely N-dealkylation sites (tertiary alicyclic amines) is 1. The van der Waals surface area contributed by atoms with Crippen LogP contribution in [0.25, 0.3) is 10.9 Å². The first kappa shape index (κ1) is 17.7.